The normalized spacial score (nSPS) is 11.6. The second kappa shape index (κ2) is 7.65. The summed E-state index contributed by atoms with van der Waals surface area (Å²) in [6.07, 6.45) is -0.599. The zero-order chi connectivity index (χ0) is 17.7. The lowest BCUT2D eigenvalue weighted by molar-refractivity contribution is -0.139. The van der Waals surface area contributed by atoms with Crippen LogP contribution >= 0.6 is 11.3 Å². The standard InChI is InChI=1S/C17H16O6S/c1-22-10-5-6-11(13(8-10)23-2)16(14-4-3-7-24-14)12(17(20)21)9-15(18)19/h3-8H,9H2,1-2H3,(H,18,19)(H,20,21). The van der Waals surface area contributed by atoms with E-state index in [0.29, 0.717) is 27.5 Å². The molecule has 2 N–H and O–H groups in total. The molecule has 7 heteroatoms. The van der Waals surface area contributed by atoms with Crippen molar-refractivity contribution in [3.05, 3.63) is 51.7 Å². The predicted molar refractivity (Wildman–Crippen MR) is 89.8 cm³/mol. The number of aliphatic carboxylic acids is 2. The number of ether oxygens (including phenoxy) is 2. The van der Waals surface area contributed by atoms with Crippen molar-refractivity contribution in [2.75, 3.05) is 14.2 Å². The minimum Gasteiger partial charge on any atom is -0.497 e. The quantitative estimate of drug-likeness (QED) is 0.747. The highest BCUT2D eigenvalue weighted by molar-refractivity contribution is 7.11. The molecule has 0 saturated heterocycles. The predicted octanol–water partition coefficient (Wildman–Crippen LogP) is 3.13. The Morgan fingerprint density at radius 1 is 1.12 bits per heavy atom. The van der Waals surface area contributed by atoms with Gasteiger partial charge in [0.1, 0.15) is 11.5 Å². The van der Waals surface area contributed by atoms with Crippen molar-refractivity contribution in [2.45, 2.75) is 6.42 Å². The third-order valence-corrected chi connectivity index (χ3v) is 4.22. The number of benzene rings is 1. The summed E-state index contributed by atoms with van der Waals surface area (Å²) in [5.74, 6) is -1.54. The van der Waals surface area contributed by atoms with Gasteiger partial charge in [-0.15, -0.1) is 11.3 Å². The highest BCUT2D eigenvalue weighted by atomic mass is 32.1. The SMILES string of the molecule is COc1ccc(C(=C(CC(=O)O)C(=O)O)c2cccs2)c(OC)c1. The van der Waals surface area contributed by atoms with Gasteiger partial charge in [-0.1, -0.05) is 6.07 Å². The molecule has 0 aliphatic carbocycles. The third-order valence-electron chi connectivity index (χ3n) is 3.33. The highest BCUT2D eigenvalue weighted by Crippen LogP contribution is 2.38. The van der Waals surface area contributed by atoms with Crippen LogP contribution in [0.2, 0.25) is 0 Å². The maximum atomic E-state index is 11.7. The van der Waals surface area contributed by atoms with E-state index in [1.54, 1.807) is 35.7 Å². The molecule has 0 atom stereocenters. The van der Waals surface area contributed by atoms with E-state index in [4.69, 9.17) is 14.6 Å². The number of hydrogen-bond acceptors (Lipinski definition) is 5. The van der Waals surface area contributed by atoms with Gasteiger partial charge in [-0.3, -0.25) is 4.79 Å². The van der Waals surface area contributed by atoms with Crippen molar-refractivity contribution < 1.29 is 29.3 Å². The van der Waals surface area contributed by atoms with Gasteiger partial charge in [0.15, 0.2) is 0 Å². The first-order valence-corrected chi connectivity index (χ1v) is 7.80. The van der Waals surface area contributed by atoms with Gasteiger partial charge < -0.3 is 19.7 Å². The molecule has 0 unspecified atom stereocenters. The van der Waals surface area contributed by atoms with Gasteiger partial charge in [0, 0.05) is 22.1 Å². The van der Waals surface area contributed by atoms with E-state index in [1.807, 2.05) is 0 Å². The second-order valence-corrected chi connectivity index (χ2v) is 5.72. The summed E-state index contributed by atoms with van der Waals surface area (Å²) in [4.78, 5) is 23.5. The maximum Gasteiger partial charge on any atom is 0.332 e. The Bertz CT molecular complexity index is 776. The van der Waals surface area contributed by atoms with E-state index >= 15 is 0 Å². The molecule has 2 rings (SSSR count). The average Bonchev–Trinajstić information content (AvgIpc) is 3.08. The molecule has 126 valence electrons. The fraction of sp³-hybridized carbons (Fsp3) is 0.176. The monoisotopic (exact) mass is 348 g/mol. The number of carboxylic acids is 2. The van der Waals surface area contributed by atoms with E-state index in [2.05, 4.69) is 0 Å². The average molecular weight is 348 g/mol. The van der Waals surface area contributed by atoms with Crippen LogP contribution in [0.25, 0.3) is 5.57 Å². The summed E-state index contributed by atoms with van der Waals surface area (Å²) in [5, 5.41) is 20.4. The zero-order valence-electron chi connectivity index (χ0n) is 13.1. The van der Waals surface area contributed by atoms with Gasteiger partial charge in [-0.05, 0) is 23.6 Å². The summed E-state index contributed by atoms with van der Waals surface area (Å²) < 4.78 is 10.5. The summed E-state index contributed by atoms with van der Waals surface area (Å²) in [7, 11) is 2.97. The molecule has 0 aliphatic rings. The topological polar surface area (TPSA) is 93.1 Å². The maximum absolute atomic E-state index is 11.7. The van der Waals surface area contributed by atoms with Gasteiger partial charge in [-0.2, -0.15) is 0 Å². The van der Waals surface area contributed by atoms with Crippen LogP contribution in [0.5, 0.6) is 11.5 Å². The van der Waals surface area contributed by atoms with Crippen LogP contribution in [-0.4, -0.2) is 36.4 Å². The molecule has 0 saturated carbocycles. The van der Waals surface area contributed by atoms with E-state index in [9.17, 15) is 14.7 Å². The Morgan fingerprint density at radius 3 is 2.38 bits per heavy atom. The molecule has 2 aromatic rings. The van der Waals surface area contributed by atoms with Crippen molar-refractivity contribution in [2.24, 2.45) is 0 Å². The first-order valence-electron chi connectivity index (χ1n) is 6.92. The summed E-state index contributed by atoms with van der Waals surface area (Å²) in [6, 6.07) is 8.48. The lowest BCUT2D eigenvalue weighted by Gasteiger charge is -2.15. The molecule has 0 radical (unpaired) electrons. The minimum absolute atomic E-state index is 0.201. The molecule has 1 aromatic carbocycles. The Hall–Kier alpha value is -2.80. The molecule has 6 nitrogen and oxygen atoms in total. The molecular formula is C17H16O6S. The van der Waals surface area contributed by atoms with Crippen LogP contribution in [0.3, 0.4) is 0 Å². The van der Waals surface area contributed by atoms with Crippen molar-refractivity contribution >= 4 is 28.8 Å². The number of methoxy groups -OCH3 is 2. The van der Waals surface area contributed by atoms with Crippen LogP contribution in [0, 0.1) is 0 Å². The fourth-order valence-electron chi connectivity index (χ4n) is 2.29. The molecule has 0 amide bonds. The highest BCUT2D eigenvalue weighted by Gasteiger charge is 2.23. The molecule has 0 aliphatic heterocycles. The van der Waals surface area contributed by atoms with E-state index in [-0.39, 0.29) is 5.57 Å². The lowest BCUT2D eigenvalue weighted by atomic mass is 9.95. The largest absolute Gasteiger partial charge is 0.497 e. The van der Waals surface area contributed by atoms with Crippen molar-refractivity contribution in [3.8, 4) is 11.5 Å². The number of hydrogen-bond donors (Lipinski definition) is 2. The van der Waals surface area contributed by atoms with Gasteiger partial charge in [0.05, 0.1) is 26.2 Å². The molecule has 24 heavy (non-hydrogen) atoms. The molecule has 1 aromatic heterocycles. The van der Waals surface area contributed by atoms with Crippen LogP contribution in [0.15, 0.2) is 41.3 Å². The van der Waals surface area contributed by atoms with Crippen molar-refractivity contribution in [3.63, 3.8) is 0 Å². The molecule has 0 spiro atoms. The van der Waals surface area contributed by atoms with Gasteiger partial charge in [-0.25, -0.2) is 4.79 Å². The van der Waals surface area contributed by atoms with Crippen LogP contribution < -0.4 is 9.47 Å². The zero-order valence-corrected chi connectivity index (χ0v) is 13.9. The first-order chi connectivity index (χ1) is 11.5. The van der Waals surface area contributed by atoms with Gasteiger partial charge >= 0.3 is 11.9 Å². The number of carbonyl (C=O) groups is 2. The Kier molecular flexibility index (Phi) is 5.59. The van der Waals surface area contributed by atoms with Gasteiger partial charge in [0.25, 0.3) is 0 Å². The first kappa shape index (κ1) is 17.6. The molecule has 0 fully saturated rings. The molecular weight excluding hydrogens is 332 g/mol. The number of thiophene rings is 1. The number of carboxylic acid groups (broad SMARTS) is 2. The van der Waals surface area contributed by atoms with Crippen LogP contribution in [0.4, 0.5) is 0 Å². The fourth-order valence-corrected chi connectivity index (χ4v) is 3.10. The summed E-state index contributed by atoms with van der Waals surface area (Å²) in [6.45, 7) is 0. The minimum atomic E-state index is -1.28. The van der Waals surface area contributed by atoms with Crippen LogP contribution in [0.1, 0.15) is 16.9 Å². The Morgan fingerprint density at radius 2 is 1.88 bits per heavy atom. The summed E-state index contributed by atoms with van der Waals surface area (Å²) >= 11 is 1.33. The van der Waals surface area contributed by atoms with Crippen molar-refractivity contribution in [1.29, 1.82) is 0 Å². The second-order valence-electron chi connectivity index (χ2n) is 4.77. The molecule has 1 heterocycles. The third kappa shape index (κ3) is 3.75. The van der Waals surface area contributed by atoms with E-state index in [1.165, 1.54) is 25.6 Å². The smallest absolute Gasteiger partial charge is 0.332 e. The Balaban J connectivity index is 2.77. The number of rotatable bonds is 7. The van der Waals surface area contributed by atoms with Crippen molar-refractivity contribution in [1.82, 2.24) is 0 Å². The van der Waals surface area contributed by atoms with Gasteiger partial charge in [0.2, 0.25) is 0 Å². The summed E-state index contributed by atoms with van der Waals surface area (Å²) in [5.41, 5.74) is 0.632. The lowest BCUT2D eigenvalue weighted by Crippen LogP contribution is -2.10. The molecule has 0 bridgehead atoms. The van der Waals surface area contributed by atoms with Crippen LogP contribution in [-0.2, 0) is 9.59 Å². The van der Waals surface area contributed by atoms with E-state index in [0.717, 1.165) is 0 Å². The Labute approximate surface area is 142 Å². The van der Waals surface area contributed by atoms with E-state index < -0.39 is 18.4 Å².